The molecule has 0 spiro atoms. The van der Waals surface area contributed by atoms with Crippen LogP contribution in [0.5, 0.6) is 0 Å². The monoisotopic (exact) mass is 439 g/mol. The predicted molar refractivity (Wildman–Crippen MR) is 95.0 cm³/mol. The van der Waals surface area contributed by atoms with Crippen molar-refractivity contribution in [3.05, 3.63) is 5.82 Å². The molecule has 1 saturated heterocycles. The maximum absolute atomic E-state index is 14.1. The molecule has 1 aromatic rings. The summed E-state index contributed by atoms with van der Waals surface area (Å²) in [4.78, 5) is 14.5. The lowest BCUT2D eigenvalue weighted by Gasteiger charge is -2.40. The topological polar surface area (TPSA) is 73.1 Å². The first-order chi connectivity index (χ1) is 13.7. The Morgan fingerprint density at radius 3 is 2.13 bits per heavy atom. The van der Waals surface area contributed by atoms with Gasteiger partial charge in [0.2, 0.25) is 5.92 Å². The SMILES string of the molecule is CC(C)(C)OC(=O)N1CCC(c2nnn(C3CCC(F)(F)CC3)n2)(C(F)(F)F)CC1. The Hall–Kier alpha value is -2.01. The molecule has 7 nitrogen and oxygen atoms in total. The summed E-state index contributed by atoms with van der Waals surface area (Å²) in [7, 11) is 0. The molecule has 0 radical (unpaired) electrons. The molecule has 2 heterocycles. The zero-order chi connectivity index (χ0) is 22.4. The molecular formula is C18H26F5N5O2. The summed E-state index contributed by atoms with van der Waals surface area (Å²) in [6, 6.07) is -0.502. The van der Waals surface area contributed by atoms with E-state index in [1.807, 2.05) is 0 Å². The number of piperidine rings is 1. The van der Waals surface area contributed by atoms with Gasteiger partial charge in [0.15, 0.2) is 5.82 Å². The molecule has 1 aliphatic carbocycles. The molecule has 1 saturated carbocycles. The lowest BCUT2D eigenvalue weighted by atomic mass is 9.77. The van der Waals surface area contributed by atoms with Crippen LogP contribution in [-0.2, 0) is 10.2 Å². The highest BCUT2D eigenvalue weighted by Gasteiger charge is 2.60. The maximum Gasteiger partial charge on any atom is 0.410 e. The number of aromatic nitrogens is 4. The van der Waals surface area contributed by atoms with Crippen molar-refractivity contribution in [3.8, 4) is 0 Å². The fraction of sp³-hybridized carbons (Fsp3) is 0.889. The maximum atomic E-state index is 14.1. The Labute approximate surface area is 170 Å². The van der Waals surface area contributed by atoms with Gasteiger partial charge in [0, 0.05) is 25.9 Å². The number of nitrogens with zero attached hydrogens (tertiary/aromatic N) is 5. The fourth-order valence-corrected chi connectivity index (χ4v) is 3.86. The Morgan fingerprint density at radius 2 is 1.63 bits per heavy atom. The van der Waals surface area contributed by atoms with Gasteiger partial charge in [0.1, 0.15) is 11.0 Å². The van der Waals surface area contributed by atoms with Crippen molar-refractivity contribution in [2.45, 2.75) is 88.5 Å². The highest BCUT2D eigenvalue weighted by atomic mass is 19.4. The third-order valence-electron chi connectivity index (χ3n) is 5.68. The van der Waals surface area contributed by atoms with E-state index in [9.17, 15) is 26.7 Å². The van der Waals surface area contributed by atoms with Gasteiger partial charge >= 0.3 is 12.3 Å². The molecule has 30 heavy (non-hydrogen) atoms. The second-order valence-electron chi connectivity index (χ2n) is 9.07. The zero-order valence-electron chi connectivity index (χ0n) is 17.2. The van der Waals surface area contributed by atoms with E-state index in [1.54, 1.807) is 20.8 Å². The predicted octanol–water partition coefficient (Wildman–Crippen LogP) is 4.25. The first kappa shape index (κ1) is 22.7. The molecule has 1 aromatic heterocycles. The lowest BCUT2D eigenvalue weighted by Crippen LogP contribution is -2.53. The Bertz CT molecular complexity index is 756. The number of alkyl halides is 5. The van der Waals surface area contributed by atoms with E-state index in [0.29, 0.717) is 0 Å². The van der Waals surface area contributed by atoms with Crippen molar-refractivity contribution < 1.29 is 31.5 Å². The van der Waals surface area contributed by atoms with Gasteiger partial charge in [-0.2, -0.15) is 18.0 Å². The Kier molecular flexibility index (Phi) is 5.74. The van der Waals surface area contributed by atoms with E-state index in [4.69, 9.17) is 4.74 Å². The van der Waals surface area contributed by atoms with Crippen LogP contribution in [-0.4, -0.2) is 62.0 Å². The summed E-state index contributed by atoms with van der Waals surface area (Å²) in [6.07, 6.45) is -6.73. The zero-order valence-corrected chi connectivity index (χ0v) is 17.2. The van der Waals surface area contributed by atoms with E-state index in [1.165, 1.54) is 4.90 Å². The number of tetrazole rings is 1. The number of amides is 1. The number of ether oxygens (including phenoxy) is 1. The molecule has 2 aliphatic rings. The minimum absolute atomic E-state index is 0.0776. The van der Waals surface area contributed by atoms with Crippen molar-refractivity contribution in [2.75, 3.05) is 13.1 Å². The van der Waals surface area contributed by atoms with Crippen LogP contribution in [0.4, 0.5) is 26.7 Å². The number of halogens is 5. The molecule has 0 N–H and O–H groups in total. The molecule has 3 rings (SSSR count). The van der Waals surface area contributed by atoms with Crippen LogP contribution in [0, 0.1) is 0 Å². The highest BCUT2D eigenvalue weighted by Crippen LogP contribution is 2.47. The molecule has 1 amide bonds. The standard InChI is InChI=1S/C18H26F5N5O2/c1-15(2,3)30-14(29)27-10-8-16(9-11-27,18(21,22)23)13-24-26-28(25-13)12-4-6-17(19,20)7-5-12/h12H,4-11H2,1-3H3. The van der Waals surface area contributed by atoms with Gasteiger partial charge in [-0.05, 0) is 51.7 Å². The molecule has 1 aliphatic heterocycles. The van der Waals surface area contributed by atoms with Crippen molar-refractivity contribution >= 4 is 6.09 Å². The van der Waals surface area contributed by atoms with Gasteiger partial charge in [0.25, 0.3) is 0 Å². The normalized spacial score (nSPS) is 22.7. The average molecular weight is 439 g/mol. The van der Waals surface area contributed by atoms with Crippen molar-refractivity contribution in [1.82, 2.24) is 25.1 Å². The second kappa shape index (κ2) is 7.60. The summed E-state index contributed by atoms with van der Waals surface area (Å²) < 4.78 is 74.2. The number of likely N-dealkylation sites (tertiary alicyclic amines) is 1. The Morgan fingerprint density at radius 1 is 1.07 bits per heavy atom. The summed E-state index contributed by atoms with van der Waals surface area (Å²) >= 11 is 0. The first-order valence-corrected chi connectivity index (χ1v) is 9.95. The second-order valence-corrected chi connectivity index (χ2v) is 9.07. The lowest BCUT2D eigenvalue weighted by molar-refractivity contribution is -0.204. The van der Waals surface area contributed by atoms with Crippen LogP contribution in [0.2, 0.25) is 0 Å². The van der Waals surface area contributed by atoms with E-state index < -0.39 is 53.9 Å². The number of hydrogen-bond acceptors (Lipinski definition) is 5. The molecule has 170 valence electrons. The largest absolute Gasteiger partial charge is 0.444 e. The van der Waals surface area contributed by atoms with Crippen LogP contribution in [0.1, 0.15) is 71.2 Å². The summed E-state index contributed by atoms with van der Waals surface area (Å²) in [5.74, 6) is -3.24. The van der Waals surface area contributed by atoms with Crippen LogP contribution >= 0.6 is 0 Å². The van der Waals surface area contributed by atoms with E-state index in [-0.39, 0.29) is 38.8 Å². The summed E-state index contributed by atoms with van der Waals surface area (Å²) in [5.41, 5.74) is -3.10. The van der Waals surface area contributed by atoms with Crippen molar-refractivity contribution in [1.29, 1.82) is 0 Å². The van der Waals surface area contributed by atoms with Gasteiger partial charge in [0.05, 0.1) is 6.04 Å². The summed E-state index contributed by atoms with van der Waals surface area (Å²) in [6.45, 7) is 4.70. The molecule has 2 fully saturated rings. The van der Waals surface area contributed by atoms with E-state index in [0.717, 1.165) is 4.80 Å². The van der Waals surface area contributed by atoms with Crippen LogP contribution < -0.4 is 0 Å². The van der Waals surface area contributed by atoms with Gasteiger partial charge in [-0.15, -0.1) is 10.2 Å². The third-order valence-corrected chi connectivity index (χ3v) is 5.68. The minimum atomic E-state index is -4.65. The quantitative estimate of drug-likeness (QED) is 0.644. The highest BCUT2D eigenvalue weighted by molar-refractivity contribution is 5.68. The minimum Gasteiger partial charge on any atom is -0.444 e. The fourth-order valence-electron chi connectivity index (χ4n) is 3.86. The molecule has 0 unspecified atom stereocenters. The average Bonchev–Trinajstić information content (AvgIpc) is 3.09. The summed E-state index contributed by atoms with van der Waals surface area (Å²) in [5, 5.41) is 11.4. The van der Waals surface area contributed by atoms with Crippen LogP contribution in [0.3, 0.4) is 0 Å². The van der Waals surface area contributed by atoms with Gasteiger partial charge in [-0.1, -0.05) is 0 Å². The number of rotatable bonds is 2. The molecule has 12 heteroatoms. The van der Waals surface area contributed by atoms with Gasteiger partial charge < -0.3 is 9.64 Å². The van der Waals surface area contributed by atoms with Crippen LogP contribution in [0.15, 0.2) is 0 Å². The van der Waals surface area contributed by atoms with Crippen LogP contribution in [0.25, 0.3) is 0 Å². The van der Waals surface area contributed by atoms with Gasteiger partial charge in [-0.3, -0.25) is 0 Å². The molecule has 0 atom stereocenters. The van der Waals surface area contributed by atoms with Gasteiger partial charge in [-0.25, -0.2) is 13.6 Å². The third kappa shape index (κ3) is 4.66. The van der Waals surface area contributed by atoms with E-state index in [2.05, 4.69) is 15.4 Å². The first-order valence-electron chi connectivity index (χ1n) is 9.95. The number of carbonyl (C=O) groups is 1. The molecular weight excluding hydrogens is 413 g/mol. The van der Waals surface area contributed by atoms with E-state index >= 15 is 0 Å². The number of hydrogen-bond donors (Lipinski definition) is 0. The smallest absolute Gasteiger partial charge is 0.410 e. The molecule has 0 bridgehead atoms. The van der Waals surface area contributed by atoms with Crippen molar-refractivity contribution in [3.63, 3.8) is 0 Å². The Balaban J connectivity index is 1.75. The molecule has 0 aromatic carbocycles. The number of carbonyl (C=O) groups excluding carboxylic acids is 1. The van der Waals surface area contributed by atoms with Crippen molar-refractivity contribution in [2.24, 2.45) is 0 Å².